The van der Waals surface area contributed by atoms with Crippen molar-refractivity contribution in [2.75, 3.05) is 14.1 Å². The highest BCUT2D eigenvalue weighted by atomic mass is 15.1. The molecule has 0 saturated heterocycles. The molecule has 0 aromatic heterocycles. The molecule has 2 nitrogen and oxygen atoms in total. The summed E-state index contributed by atoms with van der Waals surface area (Å²) in [7, 11) is 4.21. The van der Waals surface area contributed by atoms with Crippen molar-refractivity contribution < 1.29 is 0 Å². The van der Waals surface area contributed by atoms with Gasteiger partial charge in [-0.1, -0.05) is 6.42 Å². The molecule has 54 valence electrons. The summed E-state index contributed by atoms with van der Waals surface area (Å²) in [4.78, 5) is 2.23. The Bertz CT molecular complexity index is 90.9. The molecular weight excluding hydrogens is 112 g/mol. The summed E-state index contributed by atoms with van der Waals surface area (Å²) < 4.78 is 0. The number of nitrogens with two attached hydrogens (primary N) is 1. The predicted molar refractivity (Wildman–Crippen MR) is 39.3 cm³/mol. The second-order valence-corrected chi connectivity index (χ2v) is 3.13. The molecule has 1 aliphatic carbocycles. The number of hydrogen-bond acceptors (Lipinski definition) is 2. The molecule has 9 heavy (non-hydrogen) atoms. The van der Waals surface area contributed by atoms with E-state index in [0.29, 0.717) is 12.1 Å². The zero-order valence-electron chi connectivity index (χ0n) is 6.30. The van der Waals surface area contributed by atoms with Crippen molar-refractivity contribution in [3.8, 4) is 0 Å². The van der Waals surface area contributed by atoms with Crippen LogP contribution in [0.15, 0.2) is 0 Å². The first-order valence-electron chi connectivity index (χ1n) is 3.64. The quantitative estimate of drug-likeness (QED) is 0.555. The zero-order chi connectivity index (χ0) is 6.85. The third-order valence-electron chi connectivity index (χ3n) is 2.19. The molecule has 0 unspecified atom stereocenters. The maximum atomic E-state index is 5.84. The Balaban J connectivity index is 2.40. The maximum Gasteiger partial charge on any atom is 0.0241 e. The minimum absolute atomic E-state index is 0.431. The third kappa shape index (κ3) is 1.43. The van der Waals surface area contributed by atoms with Gasteiger partial charge >= 0.3 is 0 Å². The smallest absolute Gasteiger partial charge is 0.0241 e. The molecule has 1 saturated carbocycles. The second-order valence-electron chi connectivity index (χ2n) is 3.13. The molecule has 0 heterocycles. The van der Waals surface area contributed by atoms with Crippen molar-refractivity contribution in [2.45, 2.75) is 31.3 Å². The van der Waals surface area contributed by atoms with Gasteiger partial charge in [0, 0.05) is 12.1 Å². The highest BCUT2D eigenvalue weighted by Crippen LogP contribution is 2.20. The van der Waals surface area contributed by atoms with Crippen LogP contribution >= 0.6 is 0 Å². The molecule has 1 fully saturated rings. The SMILES string of the molecule is CN(C)[C@@H]1CCC[C@H]1N. The summed E-state index contributed by atoms with van der Waals surface area (Å²) in [5.41, 5.74) is 5.84. The fraction of sp³-hybridized carbons (Fsp3) is 1.00. The van der Waals surface area contributed by atoms with E-state index in [2.05, 4.69) is 19.0 Å². The van der Waals surface area contributed by atoms with Gasteiger partial charge in [-0.25, -0.2) is 0 Å². The summed E-state index contributed by atoms with van der Waals surface area (Å²) in [6.45, 7) is 0. The monoisotopic (exact) mass is 128 g/mol. The Morgan fingerprint density at radius 3 is 2.22 bits per heavy atom. The fourth-order valence-corrected chi connectivity index (χ4v) is 1.61. The molecule has 0 aliphatic heterocycles. The van der Waals surface area contributed by atoms with E-state index in [4.69, 9.17) is 5.73 Å². The second kappa shape index (κ2) is 2.67. The maximum absolute atomic E-state index is 5.84. The average Bonchev–Trinajstić information content (AvgIpc) is 2.13. The first kappa shape index (κ1) is 7.03. The van der Waals surface area contributed by atoms with Gasteiger partial charge in [0.25, 0.3) is 0 Å². The lowest BCUT2D eigenvalue weighted by molar-refractivity contribution is 0.277. The molecule has 0 aromatic rings. The van der Waals surface area contributed by atoms with E-state index < -0.39 is 0 Å². The molecule has 0 radical (unpaired) electrons. The zero-order valence-corrected chi connectivity index (χ0v) is 6.30. The molecule has 0 spiro atoms. The summed E-state index contributed by atoms with van der Waals surface area (Å²) >= 11 is 0. The Morgan fingerprint density at radius 1 is 1.33 bits per heavy atom. The van der Waals surface area contributed by atoms with Crippen molar-refractivity contribution in [1.29, 1.82) is 0 Å². The van der Waals surface area contributed by atoms with E-state index in [1.54, 1.807) is 0 Å². The van der Waals surface area contributed by atoms with Crippen LogP contribution in [0, 0.1) is 0 Å². The molecule has 1 rings (SSSR count). The van der Waals surface area contributed by atoms with Crippen molar-refractivity contribution in [1.82, 2.24) is 4.90 Å². The minimum atomic E-state index is 0.431. The van der Waals surface area contributed by atoms with Gasteiger partial charge in [0.15, 0.2) is 0 Å². The average molecular weight is 128 g/mol. The van der Waals surface area contributed by atoms with Gasteiger partial charge in [0.2, 0.25) is 0 Å². The van der Waals surface area contributed by atoms with E-state index >= 15 is 0 Å². The number of hydrogen-bond donors (Lipinski definition) is 1. The summed E-state index contributed by atoms with van der Waals surface area (Å²) in [6, 6.07) is 1.07. The summed E-state index contributed by atoms with van der Waals surface area (Å²) in [5.74, 6) is 0. The van der Waals surface area contributed by atoms with Crippen LogP contribution in [0.1, 0.15) is 19.3 Å². The Hall–Kier alpha value is -0.0800. The van der Waals surface area contributed by atoms with Gasteiger partial charge in [0.1, 0.15) is 0 Å². The molecule has 0 aromatic carbocycles. The van der Waals surface area contributed by atoms with Crippen molar-refractivity contribution in [3.05, 3.63) is 0 Å². The van der Waals surface area contributed by atoms with Gasteiger partial charge in [-0.05, 0) is 26.9 Å². The first-order valence-corrected chi connectivity index (χ1v) is 3.64. The first-order chi connectivity index (χ1) is 4.22. The van der Waals surface area contributed by atoms with E-state index in [1.165, 1.54) is 19.3 Å². The van der Waals surface area contributed by atoms with Crippen molar-refractivity contribution in [2.24, 2.45) is 5.73 Å². The number of likely N-dealkylation sites (N-methyl/N-ethyl adjacent to an activating group) is 1. The van der Waals surface area contributed by atoms with Crippen LogP contribution in [-0.2, 0) is 0 Å². The Morgan fingerprint density at radius 2 is 2.00 bits per heavy atom. The van der Waals surface area contributed by atoms with E-state index in [0.717, 1.165) is 0 Å². The van der Waals surface area contributed by atoms with Gasteiger partial charge in [-0.2, -0.15) is 0 Å². The summed E-state index contributed by atoms with van der Waals surface area (Å²) in [5, 5.41) is 0. The van der Waals surface area contributed by atoms with Crippen molar-refractivity contribution in [3.63, 3.8) is 0 Å². The highest BCUT2D eigenvalue weighted by Gasteiger charge is 2.24. The van der Waals surface area contributed by atoms with Crippen molar-refractivity contribution >= 4 is 0 Å². The predicted octanol–water partition coefficient (Wildman–Crippen LogP) is 0.428. The Kier molecular flexibility index (Phi) is 2.09. The molecule has 1 aliphatic rings. The van der Waals surface area contributed by atoms with E-state index in [9.17, 15) is 0 Å². The fourth-order valence-electron chi connectivity index (χ4n) is 1.61. The van der Waals surface area contributed by atoms with E-state index in [-0.39, 0.29) is 0 Å². The van der Waals surface area contributed by atoms with Crippen LogP contribution in [-0.4, -0.2) is 31.1 Å². The van der Waals surface area contributed by atoms with Gasteiger partial charge < -0.3 is 10.6 Å². The molecular formula is C7H16N2. The normalized spacial score (nSPS) is 36.0. The largest absolute Gasteiger partial charge is 0.326 e. The van der Waals surface area contributed by atoms with Crippen LogP contribution in [0.2, 0.25) is 0 Å². The Labute approximate surface area is 57.0 Å². The highest BCUT2D eigenvalue weighted by molar-refractivity contribution is 4.85. The molecule has 0 amide bonds. The van der Waals surface area contributed by atoms with Crippen LogP contribution in [0.4, 0.5) is 0 Å². The van der Waals surface area contributed by atoms with Crippen LogP contribution in [0.3, 0.4) is 0 Å². The lowest BCUT2D eigenvalue weighted by atomic mass is 10.2. The van der Waals surface area contributed by atoms with Gasteiger partial charge in [0.05, 0.1) is 0 Å². The molecule has 0 bridgehead atoms. The number of nitrogens with zero attached hydrogens (tertiary/aromatic N) is 1. The van der Waals surface area contributed by atoms with Crippen LogP contribution < -0.4 is 5.73 Å². The lowest BCUT2D eigenvalue weighted by Crippen LogP contribution is -2.39. The number of rotatable bonds is 1. The lowest BCUT2D eigenvalue weighted by Gasteiger charge is -2.22. The molecule has 2 atom stereocenters. The third-order valence-corrected chi connectivity index (χ3v) is 2.19. The standard InChI is InChI=1S/C7H16N2/c1-9(2)7-5-3-4-6(7)8/h6-7H,3-5,8H2,1-2H3/t6-,7-/m1/s1. The van der Waals surface area contributed by atoms with E-state index in [1.807, 2.05) is 0 Å². The molecule has 2 heteroatoms. The topological polar surface area (TPSA) is 29.3 Å². The molecule has 2 N–H and O–H groups in total. The van der Waals surface area contributed by atoms with Crippen LogP contribution in [0.25, 0.3) is 0 Å². The minimum Gasteiger partial charge on any atom is -0.326 e. The van der Waals surface area contributed by atoms with Crippen LogP contribution in [0.5, 0.6) is 0 Å². The van der Waals surface area contributed by atoms with Gasteiger partial charge in [-0.3, -0.25) is 0 Å². The summed E-state index contributed by atoms with van der Waals surface area (Å²) in [6.07, 6.45) is 3.81. The van der Waals surface area contributed by atoms with Gasteiger partial charge in [-0.15, -0.1) is 0 Å².